The third-order valence-corrected chi connectivity index (χ3v) is 6.16. The lowest BCUT2D eigenvalue weighted by Gasteiger charge is -2.28. The van der Waals surface area contributed by atoms with Crippen LogP contribution in [0.1, 0.15) is 34.8 Å². The molecule has 1 fully saturated rings. The van der Waals surface area contributed by atoms with E-state index in [4.69, 9.17) is 0 Å². The molecule has 2 aromatic carbocycles. The van der Waals surface area contributed by atoms with Crippen molar-refractivity contribution in [1.82, 2.24) is 20.1 Å². The zero-order valence-corrected chi connectivity index (χ0v) is 18.3. The zero-order chi connectivity index (χ0) is 22.8. The molecular formula is C25H25FN6O. The SMILES string of the molecule is CN1CCC(c2ccc(C(=O)Nc3n[nH]c4cc(Nc5ccccc5F)ccc34)nc2)CC1. The molecule has 0 spiro atoms. The highest BCUT2D eigenvalue weighted by Crippen LogP contribution is 2.28. The maximum atomic E-state index is 13.9. The number of likely N-dealkylation sites (tertiary alicyclic amines) is 1. The van der Waals surface area contributed by atoms with Crippen molar-refractivity contribution in [2.24, 2.45) is 0 Å². The molecule has 5 rings (SSSR count). The highest BCUT2D eigenvalue weighted by Gasteiger charge is 2.19. The average Bonchev–Trinajstić information content (AvgIpc) is 3.23. The van der Waals surface area contributed by atoms with Crippen molar-refractivity contribution >= 4 is 34.0 Å². The molecule has 0 saturated carbocycles. The predicted octanol–water partition coefficient (Wildman–Crippen LogP) is 4.90. The van der Waals surface area contributed by atoms with Crippen LogP contribution in [-0.4, -0.2) is 46.1 Å². The molecule has 1 aliphatic heterocycles. The van der Waals surface area contributed by atoms with E-state index in [9.17, 15) is 9.18 Å². The molecule has 3 heterocycles. The lowest BCUT2D eigenvalue weighted by molar-refractivity contribution is 0.102. The number of para-hydroxylation sites is 1. The summed E-state index contributed by atoms with van der Waals surface area (Å²) in [7, 11) is 2.14. The number of nitrogens with zero attached hydrogens (tertiary/aromatic N) is 3. The number of carbonyl (C=O) groups is 1. The molecule has 8 heteroatoms. The van der Waals surface area contributed by atoms with E-state index in [2.05, 4.69) is 37.8 Å². The number of pyridine rings is 1. The summed E-state index contributed by atoms with van der Waals surface area (Å²) in [5.41, 5.74) is 3.34. The van der Waals surface area contributed by atoms with Crippen LogP contribution in [0.5, 0.6) is 0 Å². The van der Waals surface area contributed by atoms with Gasteiger partial charge in [-0.05, 0) is 80.9 Å². The first-order chi connectivity index (χ1) is 16.1. The van der Waals surface area contributed by atoms with Crippen molar-refractivity contribution in [2.45, 2.75) is 18.8 Å². The van der Waals surface area contributed by atoms with Crippen molar-refractivity contribution in [2.75, 3.05) is 30.8 Å². The lowest BCUT2D eigenvalue weighted by atomic mass is 9.90. The highest BCUT2D eigenvalue weighted by molar-refractivity contribution is 6.07. The Hall–Kier alpha value is -3.78. The van der Waals surface area contributed by atoms with Gasteiger partial charge < -0.3 is 15.5 Å². The molecule has 0 aliphatic carbocycles. The molecule has 0 unspecified atom stereocenters. The quantitative estimate of drug-likeness (QED) is 0.408. The second kappa shape index (κ2) is 8.99. The normalized spacial score (nSPS) is 15.0. The van der Waals surface area contributed by atoms with E-state index < -0.39 is 0 Å². The summed E-state index contributed by atoms with van der Waals surface area (Å²) < 4.78 is 13.9. The summed E-state index contributed by atoms with van der Waals surface area (Å²) >= 11 is 0. The fraction of sp³-hybridized carbons (Fsp3) is 0.240. The Morgan fingerprint density at radius 3 is 2.70 bits per heavy atom. The molecule has 3 N–H and O–H groups in total. The number of piperidine rings is 1. The number of halogens is 1. The van der Waals surface area contributed by atoms with Crippen LogP contribution in [0.3, 0.4) is 0 Å². The number of H-pyrrole nitrogens is 1. The zero-order valence-electron chi connectivity index (χ0n) is 18.3. The predicted molar refractivity (Wildman–Crippen MR) is 127 cm³/mol. The van der Waals surface area contributed by atoms with Crippen molar-refractivity contribution in [3.05, 3.63) is 77.9 Å². The summed E-state index contributed by atoms with van der Waals surface area (Å²) in [5, 5.41) is 13.8. The third kappa shape index (κ3) is 4.56. The summed E-state index contributed by atoms with van der Waals surface area (Å²) in [6.07, 6.45) is 4.03. The number of hydrogen-bond donors (Lipinski definition) is 3. The Morgan fingerprint density at radius 2 is 1.94 bits per heavy atom. The third-order valence-electron chi connectivity index (χ3n) is 6.16. The van der Waals surface area contributed by atoms with Gasteiger partial charge in [-0.3, -0.25) is 14.9 Å². The van der Waals surface area contributed by atoms with Gasteiger partial charge in [-0.25, -0.2) is 4.39 Å². The van der Waals surface area contributed by atoms with E-state index in [0.717, 1.165) is 36.8 Å². The van der Waals surface area contributed by atoms with Gasteiger partial charge in [-0.15, -0.1) is 0 Å². The van der Waals surface area contributed by atoms with Gasteiger partial charge >= 0.3 is 0 Å². The van der Waals surface area contributed by atoms with Crippen molar-refractivity contribution < 1.29 is 9.18 Å². The lowest BCUT2D eigenvalue weighted by Crippen LogP contribution is -2.29. The summed E-state index contributed by atoms with van der Waals surface area (Å²) in [4.78, 5) is 19.5. The van der Waals surface area contributed by atoms with E-state index >= 15 is 0 Å². The van der Waals surface area contributed by atoms with Crippen LogP contribution in [0.4, 0.5) is 21.6 Å². The fourth-order valence-corrected chi connectivity index (χ4v) is 4.21. The molecule has 1 saturated heterocycles. The van der Waals surface area contributed by atoms with E-state index in [1.165, 1.54) is 11.6 Å². The number of anilines is 3. The van der Waals surface area contributed by atoms with Gasteiger partial charge in [0.05, 0.1) is 11.2 Å². The van der Waals surface area contributed by atoms with Gasteiger partial charge in [0.25, 0.3) is 5.91 Å². The van der Waals surface area contributed by atoms with Gasteiger partial charge in [0, 0.05) is 17.3 Å². The van der Waals surface area contributed by atoms with Crippen molar-refractivity contribution in [1.29, 1.82) is 0 Å². The Balaban J connectivity index is 1.28. The maximum absolute atomic E-state index is 13.9. The van der Waals surface area contributed by atoms with Crippen LogP contribution < -0.4 is 10.6 Å². The summed E-state index contributed by atoms with van der Waals surface area (Å²) in [6.45, 7) is 2.16. The second-order valence-corrected chi connectivity index (χ2v) is 8.45. The largest absolute Gasteiger partial charge is 0.353 e. The standard InChI is InChI=1S/C25H25FN6O/c1-32-12-10-16(11-13-32)17-6-9-22(27-15-17)25(33)29-24-19-8-7-18(14-23(19)30-31-24)28-21-5-3-2-4-20(21)26/h2-9,14-16,28H,10-13H2,1H3,(H2,29,30,31,33). The maximum Gasteiger partial charge on any atom is 0.275 e. The molecule has 1 aliphatic rings. The molecule has 1 amide bonds. The van der Waals surface area contributed by atoms with E-state index in [1.54, 1.807) is 24.3 Å². The Bertz CT molecular complexity index is 1280. The first-order valence-electron chi connectivity index (χ1n) is 11.0. The average molecular weight is 445 g/mol. The number of carbonyl (C=O) groups excluding carboxylic acids is 1. The number of rotatable bonds is 5. The van der Waals surface area contributed by atoms with Gasteiger partial charge in [0.2, 0.25) is 0 Å². The molecule has 2 aromatic heterocycles. The number of aromatic amines is 1. The van der Waals surface area contributed by atoms with Crippen LogP contribution in [0, 0.1) is 5.82 Å². The molecule has 33 heavy (non-hydrogen) atoms. The highest BCUT2D eigenvalue weighted by atomic mass is 19.1. The van der Waals surface area contributed by atoms with Gasteiger partial charge in [0.1, 0.15) is 11.5 Å². The van der Waals surface area contributed by atoms with Gasteiger partial charge in [-0.2, -0.15) is 5.10 Å². The van der Waals surface area contributed by atoms with Crippen LogP contribution in [0.2, 0.25) is 0 Å². The number of nitrogens with one attached hydrogen (secondary N) is 3. The molecule has 168 valence electrons. The van der Waals surface area contributed by atoms with Crippen LogP contribution in [0.25, 0.3) is 10.9 Å². The van der Waals surface area contributed by atoms with Gasteiger partial charge in [0.15, 0.2) is 5.82 Å². The molecular weight excluding hydrogens is 419 g/mol. The molecule has 7 nitrogen and oxygen atoms in total. The van der Waals surface area contributed by atoms with E-state index in [-0.39, 0.29) is 11.7 Å². The van der Waals surface area contributed by atoms with Crippen LogP contribution in [0.15, 0.2) is 60.8 Å². The number of fused-ring (bicyclic) bond motifs is 1. The number of benzene rings is 2. The monoisotopic (exact) mass is 444 g/mol. The Morgan fingerprint density at radius 1 is 1.12 bits per heavy atom. The molecule has 4 aromatic rings. The molecule has 0 bridgehead atoms. The Labute approximate surface area is 191 Å². The number of aromatic nitrogens is 3. The first kappa shape index (κ1) is 21.1. The number of amides is 1. The topological polar surface area (TPSA) is 85.9 Å². The fourth-order valence-electron chi connectivity index (χ4n) is 4.21. The first-order valence-corrected chi connectivity index (χ1v) is 11.0. The van der Waals surface area contributed by atoms with Crippen LogP contribution in [-0.2, 0) is 0 Å². The minimum absolute atomic E-state index is 0.313. The van der Waals surface area contributed by atoms with E-state index in [0.29, 0.717) is 28.8 Å². The molecule has 0 atom stereocenters. The number of hydrogen-bond acceptors (Lipinski definition) is 5. The van der Waals surface area contributed by atoms with Crippen LogP contribution >= 0.6 is 0 Å². The Kier molecular flexibility index (Phi) is 5.75. The second-order valence-electron chi connectivity index (χ2n) is 8.45. The minimum Gasteiger partial charge on any atom is -0.353 e. The van der Waals surface area contributed by atoms with E-state index in [1.807, 2.05) is 30.5 Å². The smallest absolute Gasteiger partial charge is 0.275 e. The van der Waals surface area contributed by atoms with Gasteiger partial charge in [-0.1, -0.05) is 18.2 Å². The minimum atomic E-state index is -0.329. The summed E-state index contributed by atoms with van der Waals surface area (Å²) in [6, 6.07) is 15.7. The van der Waals surface area contributed by atoms with Crippen molar-refractivity contribution in [3.63, 3.8) is 0 Å². The summed E-state index contributed by atoms with van der Waals surface area (Å²) in [5.74, 6) is 0.276. The van der Waals surface area contributed by atoms with Crippen molar-refractivity contribution in [3.8, 4) is 0 Å². The molecule has 0 radical (unpaired) electrons.